The molecular weight excluding hydrogens is 286 g/mol. The molecule has 1 aromatic heterocycles. The lowest BCUT2D eigenvalue weighted by molar-refractivity contribution is -0.401. The van der Waals surface area contributed by atoms with Gasteiger partial charge in [0.05, 0.1) is 21.6 Å². The standard InChI is InChI=1S/C13H8ClNO5/c14-11-3-1-8(13(16)17)7-10(11)12-4-2-9(20-12)5-6-15(18)19/h1-7H,(H,16,17)/b6-5-. The molecule has 0 bridgehead atoms. The van der Waals surface area contributed by atoms with Crippen molar-refractivity contribution in [2.24, 2.45) is 0 Å². The van der Waals surface area contributed by atoms with E-state index in [1.165, 1.54) is 30.3 Å². The van der Waals surface area contributed by atoms with E-state index >= 15 is 0 Å². The van der Waals surface area contributed by atoms with Gasteiger partial charge in [0, 0.05) is 5.56 Å². The van der Waals surface area contributed by atoms with Gasteiger partial charge in [-0.3, -0.25) is 10.1 Å². The van der Waals surface area contributed by atoms with E-state index in [1.54, 1.807) is 6.07 Å². The van der Waals surface area contributed by atoms with E-state index in [-0.39, 0.29) is 11.3 Å². The highest BCUT2D eigenvalue weighted by Crippen LogP contribution is 2.30. The number of carboxylic acid groups (broad SMARTS) is 1. The van der Waals surface area contributed by atoms with Gasteiger partial charge in [-0.1, -0.05) is 11.6 Å². The topological polar surface area (TPSA) is 93.6 Å². The van der Waals surface area contributed by atoms with E-state index in [4.69, 9.17) is 21.1 Å². The Morgan fingerprint density at radius 3 is 2.75 bits per heavy atom. The van der Waals surface area contributed by atoms with Gasteiger partial charge in [-0.25, -0.2) is 4.79 Å². The van der Waals surface area contributed by atoms with Crippen molar-refractivity contribution in [3.05, 3.63) is 63.0 Å². The van der Waals surface area contributed by atoms with Crippen LogP contribution in [0, 0.1) is 10.1 Å². The van der Waals surface area contributed by atoms with Crippen molar-refractivity contribution in [3.63, 3.8) is 0 Å². The summed E-state index contributed by atoms with van der Waals surface area (Å²) >= 11 is 5.99. The highest BCUT2D eigenvalue weighted by Gasteiger charge is 2.12. The second-order valence-electron chi connectivity index (χ2n) is 3.80. The molecule has 0 unspecified atom stereocenters. The van der Waals surface area contributed by atoms with Crippen molar-refractivity contribution in [2.75, 3.05) is 0 Å². The van der Waals surface area contributed by atoms with E-state index in [0.717, 1.165) is 6.20 Å². The molecule has 0 saturated carbocycles. The van der Waals surface area contributed by atoms with Crippen LogP contribution in [0.15, 0.2) is 40.9 Å². The van der Waals surface area contributed by atoms with Gasteiger partial charge < -0.3 is 9.52 Å². The number of halogens is 1. The monoisotopic (exact) mass is 293 g/mol. The van der Waals surface area contributed by atoms with E-state index in [9.17, 15) is 14.9 Å². The molecule has 20 heavy (non-hydrogen) atoms. The number of furan rings is 1. The van der Waals surface area contributed by atoms with Gasteiger partial charge in [-0.05, 0) is 30.3 Å². The fourth-order valence-corrected chi connectivity index (χ4v) is 1.78. The van der Waals surface area contributed by atoms with Crippen LogP contribution in [-0.4, -0.2) is 16.0 Å². The van der Waals surface area contributed by atoms with Crippen LogP contribution >= 0.6 is 11.6 Å². The summed E-state index contributed by atoms with van der Waals surface area (Å²) in [7, 11) is 0. The summed E-state index contributed by atoms with van der Waals surface area (Å²) in [6, 6.07) is 7.30. The number of benzene rings is 1. The molecule has 0 atom stereocenters. The average molecular weight is 294 g/mol. The molecule has 6 nitrogen and oxygen atoms in total. The van der Waals surface area contributed by atoms with Crippen molar-refractivity contribution >= 4 is 23.6 Å². The molecule has 0 amide bonds. The smallest absolute Gasteiger partial charge is 0.335 e. The maximum atomic E-state index is 10.9. The molecule has 0 fully saturated rings. The van der Waals surface area contributed by atoms with Crippen LogP contribution in [0.2, 0.25) is 5.02 Å². The van der Waals surface area contributed by atoms with Crippen LogP contribution in [0.25, 0.3) is 17.4 Å². The largest absolute Gasteiger partial charge is 0.478 e. The normalized spacial score (nSPS) is 10.8. The molecule has 0 aliphatic rings. The molecule has 1 aromatic carbocycles. The van der Waals surface area contributed by atoms with Crippen molar-refractivity contribution in [1.29, 1.82) is 0 Å². The Hall–Kier alpha value is -2.60. The van der Waals surface area contributed by atoms with Crippen LogP contribution in [0.4, 0.5) is 0 Å². The minimum absolute atomic E-state index is 0.0724. The first-order valence-electron chi connectivity index (χ1n) is 5.42. The average Bonchev–Trinajstić information content (AvgIpc) is 2.85. The SMILES string of the molecule is O=C(O)c1ccc(Cl)c(-c2ccc(/C=C\[N+](=O)[O-])o2)c1. The molecular formula is C13H8ClNO5. The van der Waals surface area contributed by atoms with Gasteiger partial charge in [0.25, 0.3) is 0 Å². The molecule has 0 aliphatic heterocycles. The van der Waals surface area contributed by atoms with Crippen molar-refractivity contribution in [3.8, 4) is 11.3 Å². The predicted octanol–water partition coefficient (Wildman–Crippen LogP) is 3.55. The number of nitro groups is 1. The Kier molecular flexibility index (Phi) is 3.86. The van der Waals surface area contributed by atoms with Crippen LogP contribution in [0.5, 0.6) is 0 Å². The zero-order valence-electron chi connectivity index (χ0n) is 9.95. The number of aromatic carboxylic acids is 1. The highest BCUT2D eigenvalue weighted by molar-refractivity contribution is 6.33. The third-order valence-corrected chi connectivity index (χ3v) is 2.80. The van der Waals surface area contributed by atoms with Gasteiger partial charge in [0.2, 0.25) is 6.20 Å². The molecule has 2 aromatic rings. The molecule has 1 heterocycles. The Balaban J connectivity index is 2.39. The lowest BCUT2D eigenvalue weighted by Crippen LogP contribution is -1.96. The van der Waals surface area contributed by atoms with Crippen LogP contribution < -0.4 is 0 Å². The van der Waals surface area contributed by atoms with E-state index in [0.29, 0.717) is 16.3 Å². The third kappa shape index (κ3) is 3.04. The number of hydrogen-bond acceptors (Lipinski definition) is 4. The first kappa shape index (κ1) is 13.8. The maximum absolute atomic E-state index is 10.9. The van der Waals surface area contributed by atoms with E-state index < -0.39 is 10.9 Å². The van der Waals surface area contributed by atoms with E-state index in [1.807, 2.05) is 0 Å². The summed E-state index contributed by atoms with van der Waals surface area (Å²) in [6.45, 7) is 0. The fourth-order valence-electron chi connectivity index (χ4n) is 1.57. The van der Waals surface area contributed by atoms with Crippen molar-refractivity contribution in [1.82, 2.24) is 0 Å². The predicted molar refractivity (Wildman–Crippen MR) is 72.1 cm³/mol. The fraction of sp³-hybridized carbons (Fsp3) is 0. The minimum Gasteiger partial charge on any atom is -0.478 e. The second kappa shape index (κ2) is 5.58. The summed E-state index contributed by atoms with van der Waals surface area (Å²) in [5.41, 5.74) is 0.482. The zero-order chi connectivity index (χ0) is 14.7. The van der Waals surface area contributed by atoms with Crippen LogP contribution in [-0.2, 0) is 0 Å². The first-order valence-corrected chi connectivity index (χ1v) is 5.80. The number of rotatable bonds is 4. The molecule has 2 rings (SSSR count). The Labute approximate surface area is 118 Å². The summed E-state index contributed by atoms with van der Waals surface area (Å²) in [5, 5.41) is 19.5. The molecule has 0 aliphatic carbocycles. The summed E-state index contributed by atoms with van der Waals surface area (Å²) in [4.78, 5) is 20.5. The molecule has 0 spiro atoms. The quantitative estimate of drug-likeness (QED) is 0.687. The highest BCUT2D eigenvalue weighted by atomic mass is 35.5. The van der Waals surface area contributed by atoms with Crippen molar-refractivity contribution < 1.29 is 19.2 Å². The zero-order valence-corrected chi connectivity index (χ0v) is 10.7. The van der Waals surface area contributed by atoms with Gasteiger partial charge in [-0.2, -0.15) is 0 Å². The number of nitrogens with zero attached hydrogens (tertiary/aromatic N) is 1. The number of hydrogen-bond donors (Lipinski definition) is 1. The summed E-state index contributed by atoms with van der Waals surface area (Å²) in [5.74, 6) is -0.475. The second-order valence-corrected chi connectivity index (χ2v) is 4.21. The van der Waals surface area contributed by atoms with Crippen LogP contribution in [0.3, 0.4) is 0 Å². The lowest BCUT2D eigenvalue weighted by atomic mass is 10.1. The molecule has 102 valence electrons. The number of carboxylic acids is 1. The Morgan fingerprint density at radius 1 is 1.35 bits per heavy atom. The third-order valence-electron chi connectivity index (χ3n) is 2.47. The molecule has 0 radical (unpaired) electrons. The first-order chi connectivity index (χ1) is 9.47. The molecule has 0 saturated heterocycles. The summed E-state index contributed by atoms with van der Waals surface area (Å²) < 4.78 is 5.37. The van der Waals surface area contributed by atoms with E-state index in [2.05, 4.69) is 0 Å². The van der Waals surface area contributed by atoms with Gasteiger partial charge >= 0.3 is 5.97 Å². The maximum Gasteiger partial charge on any atom is 0.335 e. The van der Waals surface area contributed by atoms with Crippen molar-refractivity contribution in [2.45, 2.75) is 0 Å². The lowest BCUT2D eigenvalue weighted by Gasteiger charge is -2.02. The Bertz CT molecular complexity index is 705. The van der Waals surface area contributed by atoms with Gasteiger partial charge in [0.15, 0.2) is 0 Å². The van der Waals surface area contributed by atoms with Crippen LogP contribution in [0.1, 0.15) is 16.1 Å². The van der Waals surface area contributed by atoms with Gasteiger partial charge in [-0.15, -0.1) is 0 Å². The molecule has 7 heteroatoms. The molecule has 1 N–H and O–H groups in total. The minimum atomic E-state index is -1.08. The summed E-state index contributed by atoms with van der Waals surface area (Å²) in [6.07, 6.45) is 1.94. The Morgan fingerprint density at radius 2 is 2.10 bits per heavy atom. The van der Waals surface area contributed by atoms with Gasteiger partial charge in [0.1, 0.15) is 11.5 Å². The number of carbonyl (C=O) groups is 1.